The first-order valence-electron chi connectivity index (χ1n) is 10.5. The molecule has 7 nitrogen and oxygen atoms in total. The minimum atomic E-state index is -0.607. The number of hydrogen-bond acceptors (Lipinski definition) is 4. The predicted molar refractivity (Wildman–Crippen MR) is 111 cm³/mol. The molecule has 3 fully saturated rings. The second kappa shape index (κ2) is 7.00. The molecular formula is C23H25N3O4. The van der Waals surface area contributed by atoms with Crippen molar-refractivity contribution in [3.05, 3.63) is 69.6 Å². The van der Waals surface area contributed by atoms with E-state index in [0.717, 1.165) is 18.4 Å². The molecule has 3 aliphatic rings. The van der Waals surface area contributed by atoms with Crippen LogP contribution in [0.4, 0.5) is 4.79 Å². The van der Waals surface area contributed by atoms with E-state index in [0.29, 0.717) is 31.6 Å². The molecule has 2 saturated heterocycles. The highest BCUT2D eigenvalue weighted by Gasteiger charge is 2.51. The van der Waals surface area contributed by atoms with Crippen molar-refractivity contribution in [2.45, 2.75) is 37.8 Å². The Kier molecular flexibility index (Phi) is 4.41. The lowest BCUT2D eigenvalue weighted by Crippen LogP contribution is -2.63. The number of aromatic nitrogens is 1. The molecule has 0 bridgehead atoms. The molecule has 2 aliphatic heterocycles. The van der Waals surface area contributed by atoms with Crippen molar-refractivity contribution in [1.82, 2.24) is 14.4 Å². The summed E-state index contributed by atoms with van der Waals surface area (Å²) in [4.78, 5) is 42.3. The first-order valence-corrected chi connectivity index (χ1v) is 10.5. The van der Waals surface area contributed by atoms with Crippen molar-refractivity contribution in [2.75, 3.05) is 26.2 Å². The van der Waals surface area contributed by atoms with Gasteiger partial charge in [0.2, 0.25) is 0 Å². The summed E-state index contributed by atoms with van der Waals surface area (Å²) < 4.78 is 7.09. The van der Waals surface area contributed by atoms with Crippen molar-refractivity contribution in [3.63, 3.8) is 0 Å². The van der Waals surface area contributed by atoms with Crippen molar-refractivity contribution < 1.29 is 14.3 Å². The molecule has 5 rings (SSSR count). The number of aryl methyl sites for hydroxylation is 1. The Morgan fingerprint density at radius 1 is 1.13 bits per heavy atom. The average molecular weight is 407 g/mol. The molecule has 7 heteroatoms. The minimum Gasteiger partial charge on any atom is -0.447 e. The van der Waals surface area contributed by atoms with E-state index in [9.17, 15) is 14.4 Å². The number of carbonyl (C=O) groups excluding carboxylic acids is 2. The molecule has 1 atom stereocenters. The minimum absolute atomic E-state index is 0.208. The highest BCUT2D eigenvalue weighted by atomic mass is 16.6. The van der Waals surface area contributed by atoms with Gasteiger partial charge >= 0.3 is 6.09 Å². The normalized spacial score (nSPS) is 23.3. The summed E-state index contributed by atoms with van der Waals surface area (Å²) in [5.74, 6) is -0.251. The predicted octanol–water partition coefficient (Wildman–Crippen LogP) is 2.38. The molecule has 0 N–H and O–H groups in total. The topological polar surface area (TPSA) is 71.9 Å². The van der Waals surface area contributed by atoms with Gasteiger partial charge in [-0.2, -0.15) is 0 Å². The SMILES string of the molecule is Cc1ccn(C2CC2)c(=O)c1C(=O)N1CCN2C(=O)OCC2(Cc2ccccc2)C1. The van der Waals surface area contributed by atoms with E-state index in [1.54, 1.807) is 20.6 Å². The number of nitrogens with zero attached hydrogens (tertiary/aromatic N) is 3. The number of amides is 2. The van der Waals surface area contributed by atoms with Gasteiger partial charge in [-0.25, -0.2) is 4.79 Å². The van der Waals surface area contributed by atoms with Gasteiger partial charge in [-0.1, -0.05) is 30.3 Å². The quantitative estimate of drug-likeness (QED) is 0.780. The van der Waals surface area contributed by atoms with Crippen molar-refractivity contribution in [1.29, 1.82) is 0 Å². The van der Waals surface area contributed by atoms with Crippen molar-refractivity contribution >= 4 is 12.0 Å². The lowest BCUT2D eigenvalue weighted by molar-refractivity contribution is 0.0373. The molecule has 1 unspecified atom stereocenters. The molecule has 0 spiro atoms. The molecule has 3 heterocycles. The van der Waals surface area contributed by atoms with Gasteiger partial charge in [0.05, 0.1) is 0 Å². The van der Waals surface area contributed by atoms with Gasteiger partial charge in [-0.05, 0) is 37.0 Å². The Morgan fingerprint density at radius 3 is 2.63 bits per heavy atom. The fourth-order valence-electron chi connectivity index (χ4n) is 4.71. The molecule has 0 radical (unpaired) electrons. The number of cyclic esters (lactones) is 1. The van der Waals surface area contributed by atoms with Crippen LogP contribution in [0.1, 0.15) is 40.4 Å². The van der Waals surface area contributed by atoms with Crippen LogP contribution in [-0.2, 0) is 11.2 Å². The molecule has 2 aromatic rings. The summed E-state index contributed by atoms with van der Waals surface area (Å²) in [5, 5.41) is 0. The van der Waals surface area contributed by atoms with Gasteiger partial charge in [-0.3, -0.25) is 14.5 Å². The summed E-state index contributed by atoms with van der Waals surface area (Å²) >= 11 is 0. The number of carbonyl (C=O) groups is 2. The zero-order chi connectivity index (χ0) is 20.9. The van der Waals surface area contributed by atoms with Gasteiger partial charge in [0.15, 0.2) is 0 Å². The first-order chi connectivity index (χ1) is 14.5. The van der Waals surface area contributed by atoms with Gasteiger partial charge in [0, 0.05) is 38.3 Å². The summed E-state index contributed by atoms with van der Waals surface area (Å²) in [5.41, 5.74) is 1.21. The third-order valence-corrected chi connectivity index (χ3v) is 6.48. The zero-order valence-corrected chi connectivity index (χ0v) is 17.0. The highest BCUT2D eigenvalue weighted by molar-refractivity contribution is 5.95. The standard InChI is InChI=1S/C23H25N3O4/c1-16-9-10-25(18-7-8-18)21(28)19(16)20(27)24-11-12-26-22(29)30-15-23(26,14-24)13-17-5-3-2-4-6-17/h2-6,9-10,18H,7-8,11-15H2,1H3. The summed E-state index contributed by atoms with van der Waals surface area (Å²) in [6, 6.07) is 12.0. The van der Waals surface area contributed by atoms with E-state index in [-0.39, 0.29) is 35.8 Å². The van der Waals surface area contributed by atoms with E-state index in [1.807, 2.05) is 43.3 Å². The Morgan fingerprint density at radius 2 is 1.90 bits per heavy atom. The molecule has 2 amide bonds. The Balaban J connectivity index is 1.46. The fourth-order valence-corrected chi connectivity index (χ4v) is 4.71. The summed E-state index contributed by atoms with van der Waals surface area (Å²) in [6.45, 7) is 3.19. The smallest absolute Gasteiger partial charge is 0.410 e. The first kappa shape index (κ1) is 18.9. The number of rotatable bonds is 4. The Hall–Kier alpha value is -3.09. The van der Waals surface area contributed by atoms with E-state index in [4.69, 9.17) is 4.74 Å². The van der Waals surface area contributed by atoms with Gasteiger partial charge in [0.1, 0.15) is 17.7 Å². The number of benzene rings is 1. The van der Waals surface area contributed by atoms with E-state index in [2.05, 4.69) is 0 Å². The van der Waals surface area contributed by atoms with Crippen molar-refractivity contribution in [2.24, 2.45) is 0 Å². The average Bonchev–Trinajstić information content (AvgIpc) is 3.53. The second-order valence-electron chi connectivity index (χ2n) is 8.64. The lowest BCUT2D eigenvalue weighted by atomic mass is 9.88. The third-order valence-electron chi connectivity index (χ3n) is 6.48. The van der Waals surface area contributed by atoms with Crippen LogP contribution in [0.2, 0.25) is 0 Å². The van der Waals surface area contributed by atoms with E-state index >= 15 is 0 Å². The van der Waals surface area contributed by atoms with Gasteiger partial charge in [0.25, 0.3) is 11.5 Å². The number of pyridine rings is 1. The van der Waals surface area contributed by atoms with Crippen molar-refractivity contribution in [3.8, 4) is 0 Å². The maximum Gasteiger partial charge on any atom is 0.410 e. The number of fused-ring (bicyclic) bond motifs is 1. The number of piperazine rings is 1. The van der Waals surface area contributed by atoms with Crippen LogP contribution in [0.5, 0.6) is 0 Å². The molecular weight excluding hydrogens is 382 g/mol. The fraction of sp³-hybridized carbons (Fsp3) is 0.435. The van der Waals surface area contributed by atoms with Crippen LogP contribution >= 0.6 is 0 Å². The molecule has 1 aromatic heterocycles. The monoisotopic (exact) mass is 407 g/mol. The Labute approximate surface area is 174 Å². The molecule has 1 saturated carbocycles. The molecule has 156 valence electrons. The number of hydrogen-bond donors (Lipinski definition) is 0. The third kappa shape index (κ3) is 3.09. The largest absolute Gasteiger partial charge is 0.447 e. The summed E-state index contributed by atoms with van der Waals surface area (Å²) in [6.07, 6.45) is 4.03. The lowest BCUT2D eigenvalue weighted by Gasteiger charge is -2.44. The van der Waals surface area contributed by atoms with Crippen LogP contribution < -0.4 is 5.56 Å². The van der Waals surface area contributed by atoms with Crippen LogP contribution in [0, 0.1) is 6.92 Å². The summed E-state index contributed by atoms with van der Waals surface area (Å²) in [7, 11) is 0. The second-order valence-corrected chi connectivity index (χ2v) is 8.64. The number of ether oxygens (including phenoxy) is 1. The zero-order valence-electron chi connectivity index (χ0n) is 17.0. The molecule has 1 aromatic carbocycles. The van der Waals surface area contributed by atoms with E-state index in [1.165, 1.54) is 0 Å². The van der Waals surface area contributed by atoms with E-state index < -0.39 is 5.54 Å². The van der Waals surface area contributed by atoms with Crippen LogP contribution in [-0.4, -0.2) is 58.1 Å². The van der Waals surface area contributed by atoms with Gasteiger partial charge in [-0.15, -0.1) is 0 Å². The maximum atomic E-state index is 13.5. The van der Waals surface area contributed by atoms with Crippen LogP contribution in [0.3, 0.4) is 0 Å². The Bertz CT molecular complexity index is 1060. The molecule has 1 aliphatic carbocycles. The molecule has 30 heavy (non-hydrogen) atoms. The van der Waals surface area contributed by atoms with Gasteiger partial charge < -0.3 is 14.2 Å². The van der Waals surface area contributed by atoms with Crippen LogP contribution in [0.25, 0.3) is 0 Å². The maximum absolute atomic E-state index is 13.5. The van der Waals surface area contributed by atoms with Crippen LogP contribution in [0.15, 0.2) is 47.4 Å². The highest BCUT2D eigenvalue weighted by Crippen LogP contribution is 2.34.